The maximum atomic E-state index is 11.2. The van der Waals surface area contributed by atoms with Crippen LogP contribution < -0.4 is 16.0 Å². The van der Waals surface area contributed by atoms with E-state index in [1.54, 1.807) is 6.92 Å². The van der Waals surface area contributed by atoms with E-state index >= 15 is 0 Å². The van der Waals surface area contributed by atoms with E-state index in [2.05, 4.69) is 10.6 Å². The van der Waals surface area contributed by atoms with Gasteiger partial charge in [0.15, 0.2) is 0 Å². The first-order valence-electron chi connectivity index (χ1n) is 4.85. The van der Waals surface area contributed by atoms with E-state index in [0.717, 1.165) is 0 Å². The van der Waals surface area contributed by atoms with Crippen molar-refractivity contribution in [1.82, 2.24) is 16.0 Å². The van der Waals surface area contributed by atoms with Crippen molar-refractivity contribution < 1.29 is 19.5 Å². The van der Waals surface area contributed by atoms with Gasteiger partial charge in [0.05, 0.1) is 6.54 Å². The second-order valence-corrected chi connectivity index (χ2v) is 3.69. The van der Waals surface area contributed by atoms with Gasteiger partial charge in [0.25, 0.3) is 0 Å². The lowest BCUT2D eigenvalue weighted by Crippen LogP contribution is -2.52. The van der Waals surface area contributed by atoms with Crippen LogP contribution in [-0.2, 0) is 9.59 Å². The zero-order valence-corrected chi connectivity index (χ0v) is 9.59. The van der Waals surface area contributed by atoms with E-state index in [4.69, 9.17) is 5.11 Å². The van der Waals surface area contributed by atoms with Crippen LogP contribution in [0.3, 0.4) is 0 Å². The van der Waals surface area contributed by atoms with Gasteiger partial charge in [0.2, 0.25) is 5.91 Å². The van der Waals surface area contributed by atoms with Gasteiger partial charge >= 0.3 is 12.0 Å². The predicted octanol–water partition coefficient (Wildman–Crippen LogP) is -0.715. The first kappa shape index (κ1) is 14.4. The third-order valence-electron chi connectivity index (χ3n) is 1.82. The number of imide groups is 1. The highest BCUT2D eigenvalue weighted by atomic mass is 16.4. The lowest BCUT2D eigenvalue weighted by atomic mass is 10.1. The molecule has 0 aliphatic carbocycles. The molecule has 0 aromatic carbocycles. The molecule has 0 aliphatic heterocycles. The van der Waals surface area contributed by atoms with Crippen molar-refractivity contribution in [3.63, 3.8) is 0 Å². The predicted molar refractivity (Wildman–Crippen MR) is 56.9 cm³/mol. The van der Waals surface area contributed by atoms with E-state index in [1.807, 2.05) is 5.32 Å². The summed E-state index contributed by atoms with van der Waals surface area (Å²) in [4.78, 5) is 32.8. The number of amides is 3. The van der Waals surface area contributed by atoms with Crippen LogP contribution in [0, 0.1) is 0 Å². The van der Waals surface area contributed by atoms with Gasteiger partial charge in [-0.1, -0.05) is 0 Å². The first-order chi connectivity index (χ1) is 7.29. The molecular weight excluding hydrogens is 214 g/mol. The Morgan fingerprint density at radius 3 is 2.25 bits per heavy atom. The van der Waals surface area contributed by atoms with E-state index in [0.29, 0.717) is 6.54 Å². The molecule has 0 unspecified atom stereocenters. The Balaban J connectivity index is 3.99. The number of carbonyl (C=O) groups is 3. The number of nitrogens with one attached hydrogen (secondary N) is 3. The van der Waals surface area contributed by atoms with Crippen LogP contribution in [-0.4, -0.2) is 41.6 Å². The summed E-state index contributed by atoms with van der Waals surface area (Å²) in [5.74, 6) is -1.65. The number of urea groups is 1. The van der Waals surface area contributed by atoms with Gasteiger partial charge < -0.3 is 10.4 Å². The molecule has 7 heteroatoms. The number of rotatable bonds is 5. The molecule has 16 heavy (non-hydrogen) atoms. The molecule has 0 heterocycles. The highest BCUT2D eigenvalue weighted by molar-refractivity contribution is 5.95. The molecule has 92 valence electrons. The van der Waals surface area contributed by atoms with E-state index in [1.165, 1.54) is 13.8 Å². The number of carbonyl (C=O) groups excluding carboxylic acids is 2. The van der Waals surface area contributed by atoms with Crippen molar-refractivity contribution in [1.29, 1.82) is 0 Å². The van der Waals surface area contributed by atoms with Crippen molar-refractivity contribution in [2.24, 2.45) is 0 Å². The smallest absolute Gasteiger partial charge is 0.323 e. The molecule has 0 aromatic heterocycles. The van der Waals surface area contributed by atoms with Gasteiger partial charge in [-0.25, -0.2) is 4.79 Å². The molecule has 0 radical (unpaired) electrons. The second kappa shape index (κ2) is 6.06. The Morgan fingerprint density at radius 2 is 1.81 bits per heavy atom. The molecule has 0 saturated carbocycles. The van der Waals surface area contributed by atoms with Gasteiger partial charge in [0.1, 0.15) is 5.54 Å². The first-order valence-corrected chi connectivity index (χ1v) is 4.85. The third kappa shape index (κ3) is 5.30. The van der Waals surface area contributed by atoms with Crippen molar-refractivity contribution in [3.05, 3.63) is 0 Å². The summed E-state index contributed by atoms with van der Waals surface area (Å²) in [5, 5.41) is 15.7. The van der Waals surface area contributed by atoms with Crippen molar-refractivity contribution in [2.75, 3.05) is 13.1 Å². The van der Waals surface area contributed by atoms with Gasteiger partial charge in [-0.05, 0) is 20.8 Å². The molecule has 0 saturated heterocycles. The SMILES string of the molecule is CCNC(=O)NC(=O)CNC(C)(C)C(=O)O. The normalized spacial score (nSPS) is 10.7. The van der Waals surface area contributed by atoms with Crippen LogP contribution in [0.1, 0.15) is 20.8 Å². The Hall–Kier alpha value is -1.63. The van der Waals surface area contributed by atoms with E-state index < -0.39 is 23.4 Å². The van der Waals surface area contributed by atoms with Gasteiger partial charge in [-0.2, -0.15) is 0 Å². The second-order valence-electron chi connectivity index (χ2n) is 3.69. The number of hydrogen-bond acceptors (Lipinski definition) is 4. The molecule has 4 N–H and O–H groups in total. The van der Waals surface area contributed by atoms with Crippen LogP contribution in [0.4, 0.5) is 4.79 Å². The van der Waals surface area contributed by atoms with Gasteiger partial charge in [0, 0.05) is 6.54 Å². The van der Waals surface area contributed by atoms with E-state index in [-0.39, 0.29) is 6.54 Å². The van der Waals surface area contributed by atoms with Crippen LogP contribution in [0.25, 0.3) is 0 Å². The summed E-state index contributed by atoms with van der Waals surface area (Å²) in [6.07, 6.45) is 0. The number of hydrogen-bond donors (Lipinski definition) is 4. The monoisotopic (exact) mass is 231 g/mol. The maximum Gasteiger partial charge on any atom is 0.323 e. The average molecular weight is 231 g/mol. The number of aliphatic carboxylic acids is 1. The fourth-order valence-corrected chi connectivity index (χ4v) is 0.752. The number of carboxylic acid groups (broad SMARTS) is 1. The molecule has 0 atom stereocenters. The van der Waals surface area contributed by atoms with Gasteiger partial charge in [-0.3, -0.25) is 20.2 Å². The summed E-state index contributed by atoms with van der Waals surface area (Å²) in [6, 6.07) is -0.595. The molecule has 0 spiro atoms. The quantitative estimate of drug-likeness (QED) is 0.499. The Kier molecular flexibility index (Phi) is 5.44. The fourth-order valence-electron chi connectivity index (χ4n) is 0.752. The minimum Gasteiger partial charge on any atom is -0.480 e. The minimum absolute atomic E-state index is 0.240. The molecule has 0 aliphatic rings. The lowest BCUT2D eigenvalue weighted by Gasteiger charge is -2.20. The highest BCUT2D eigenvalue weighted by Gasteiger charge is 2.27. The summed E-state index contributed by atoms with van der Waals surface area (Å²) >= 11 is 0. The largest absolute Gasteiger partial charge is 0.480 e. The van der Waals surface area contributed by atoms with E-state index in [9.17, 15) is 14.4 Å². The summed E-state index contributed by atoms with van der Waals surface area (Å²) in [7, 11) is 0. The average Bonchev–Trinajstić information content (AvgIpc) is 2.15. The molecule has 0 bridgehead atoms. The lowest BCUT2D eigenvalue weighted by molar-refractivity contribution is -0.143. The molecule has 0 aromatic rings. The fraction of sp³-hybridized carbons (Fsp3) is 0.667. The van der Waals surface area contributed by atoms with Crippen molar-refractivity contribution in [2.45, 2.75) is 26.3 Å². The minimum atomic E-state index is -1.21. The number of carboxylic acids is 1. The van der Waals surface area contributed by atoms with Crippen LogP contribution in [0.2, 0.25) is 0 Å². The topological polar surface area (TPSA) is 108 Å². The van der Waals surface area contributed by atoms with Crippen molar-refractivity contribution in [3.8, 4) is 0 Å². The molecule has 7 nitrogen and oxygen atoms in total. The Labute approximate surface area is 93.6 Å². The zero-order valence-electron chi connectivity index (χ0n) is 9.59. The Morgan fingerprint density at radius 1 is 1.25 bits per heavy atom. The van der Waals surface area contributed by atoms with Crippen LogP contribution in [0.15, 0.2) is 0 Å². The van der Waals surface area contributed by atoms with Gasteiger partial charge in [-0.15, -0.1) is 0 Å². The summed E-state index contributed by atoms with van der Waals surface area (Å²) < 4.78 is 0. The van der Waals surface area contributed by atoms with Crippen LogP contribution in [0.5, 0.6) is 0 Å². The molecule has 0 fully saturated rings. The molecule has 0 rings (SSSR count). The summed E-state index contributed by atoms with van der Waals surface area (Å²) in [5.41, 5.74) is -1.21. The highest BCUT2D eigenvalue weighted by Crippen LogP contribution is 2.00. The van der Waals surface area contributed by atoms with Crippen LogP contribution >= 0.6 is 0 Å². The van der Waals surface area contributed by atoms with Crippen molar-refractivity contribution >= 4 is 17.9 Å². The Bertz CT molecular complexity index is 288. The maximum absolute atomic E-state index is 11.2. The molecular formula is C9H17N3O4. The zero-order chi connectivity index (χ0) is 12.8. The molecule has 3 amide bonds. The summed E-state index contributed by atoms with van der Waals surface area (Å²) in [6.45, 7) is 4.74. The third-order valence-corrected chi connectivity index (χ3v) is 1.82. The standard InChI is InChI=1S/C9H17N3O4/c1-4-10-8(16)12-6(13)5-11-9(2,3)7(14)15/h11H,4-5H2,1-3H3,(H,14,15)(H2,10,12,13,16).